The number of fused-ring (bicyclic) bond motifs is 1. The summed E-state index contributed by atoms with van der Waals surface area (Å²) in [6.45, 7) is 1.86. The quantitative estimate of drug-likeness (QED) is 0.399. The van der Waals surface area contributed by atoms with Crippen LogP contribution in [0.4, 0.5) is 24.5 Å². The van der Waals surface area contributed by atoms with Crippen molar-refractivity contribution in [2.45, 2.75) is 37.9 Å². The molecule has 184 valence electrons. The third-order valence-corrected chi connectivity index (χ3v) is 6.90. The monoisotopic (exact) mass is 510 g/mol. The lowest BCUT2D eigenvalue weighted by Gasteiger charge is -2.35. The topological polar surface area (TPSA) is 49.4 Å². The van der Waals surface area contributed by atoms with Crippen molar-refractivity contribution in [3.63, 3.8) is 0 Å². The highest BCUT2D eigenvalue weighted by atomic mass is 35.5. The van der Waals surface area contributed by atoms with Crippen molar-refractivity contribution in [2.24, 2.45) is 0 Å². The van der Waals surface area contributed by atoms with Crippen molar-refractivity contribution < 1.29 is 22.8 Å². The molecule has 36 heavy (non-hydrogen) atoms. The lowest BCUT2D eigenvalue weighted by atomic mass is 9.78. The van der Waals surface area contributed by atoms with Gasteiger partial charge in [0.25, 0.3) is 0 Å². The summed E-state index contributed by atoms with van der Waals surface area (Å²) < 4.78 is 41.8. The fourth-order valence-corrected chi connectivity index (χ4v) is 5.21. The van der Waals surface area contributed by atoms with Gasteiger partial charge in [0.15, 0.2) is 5.78 Å². The average Bonchev–Trinajstić information content (AvgIpc) is 2.98. The minimum absolute atomic E-state index is 0.0619. The molecule has 4 nitrogen and oxygen atoms in total. The molecule has 2 atom stereocenters. The highest BCUT2D eigenvalue weighted by molar-refractivity contribution is 6.30. The predicted octanol–water partition coefficient (Wildman–Crippen LogP) is 7.11. The molecule has 0 saturated carbocycles. The summed E-state index contributed by atoms with van der Waals surface area (Å²) in [5, 5.41) is 3.76. The Hall–Kier alpha value is -3.58. The SMILES string of the molecule is Cc1ccc([C@H]2C3=C(C[C@H](c4cccc(Cl)c4)CC3=O)Nc3ccccc3N2C(=O)C(F)(F)F)cc1. The van der Waals surface area contributed by atoms with Gasteiger partial charge < -0.3 is 5.32 Å². The number of hydrogen-bond acceptors (Lipinski definition) is 3. The first kappa shape index (κ1) is 24.1. The zero-order valence-electron chi connectivity index (χ0n) is 19.3. The Labute approximate surface area is 211 Å². The molecule has 1 aliphatic carbocycles. The van der Waals surface area contributed by atoms with Crippen LogP contribution in [-0.2, 0) is 9.59 Å². The number of allylic oxidation sites excluding steroid dienone is 1. The molecule has 0 radical (unpaired) electrons. The first-order valence-electron chi connectivity index (χ1n) is 11.5. The molecule has 0 bridgehead atoms. The molecule has 0 fully saturated rings. The number of anilines is 2. The zero-order valence-corrected chi connectivity index (χ0v) is 20.0. The van der Waals surface area contributed by atoms with Gasteiger partial charge in [0.2, 0.25) is 0 Å². The predicted molar refractivity (Wildman–Crippen MR) is 133 cm³/mol. The number of Topliss-reactive ketones (excluding diaryl/α,β-unsaturated/α-hetero) is 1. The first-order chi connectivity index (χ1) is 17.1. The van der Waals surface area contributed by atoms with Crippen LogP contribution in [0.3, 0.4) is 0 Å². The molecule has 0 unspecified atom stereocenters. The van der Waals surface area contributed by atoms with E-state index in [9.17, 15) is 22.8 Å². The van der Waals surface area contributed by atoms with Crippen molar-refractivity contribution in [3.8, 4) is 0 Å². The van der Waals surface area contributed by atoms with Crippen molar-refractivity contribution in [2.75, 3.05) is 10.2 Å². The largest absolute Gasteiger partial charge is 0.471 e. The Bertz CT molecular complexity index is 1380. The van der Waals surface area contributed by atoms with Crippen LogP contribution in [0.15, 0.2) is 84.1 Å². The number of rotatable bonds is 2. The minimum atomic E-state index is -5.14. The van der Waals surface area contributed by atoms with Crippen LogP contribution in [0.25, 0.3) is 0 Å². The number of nitrogens with zero attached hydrogens (tertiary/aromatic N) is 1. The van der Waals surface area contributed by atoms with Crippen molar-refractivity contribution in [3.05, 3.63) is 106 Å². The Balaban J connectivity index is 1.73. The van der Waals surface area contributed by atoms with Crippen molar-refractivity contribution in [1.29, 1.82) is 0 Å². The van der Waals surface area contributed by atoms with Crippen LogP contribution in [0, 0.1) is 6.92 Å². The molecule has 2 aliphatic rings. The number of alkyl halides is 3. The summed E-state index contributed by atoms with van der Waals surface area (Å²) >= 11 is 6.18. The molecule has 0 saturated heterocycles. The molecular formula is C28H22ClF3N2O2. The summed E-state index contributed by atoms with van der Waals surface area (Å²) in [6, 6.07) is 19.2. The Kier molecular flexibility index (Phi) is 6.12. The second kappa shape index (κ2) is 9.13. The number of benzene rings is 3. The standard InChI is InChI=1S/C28H22ClF3N2O2/c1-16-9-11-17(12-10-16)26-25-22(14-19(15-24(25)35)18-5-4-6-20(29)13-18)33-21-7-2-3-8-23(21)34(26)27(36)28(30,31)32/h2-13,19,26,33H,14-15H2,1H3/t19-,26-/m0/s1. The van der Waals surface area contributed by atoms with E-state index in [1.807, 2.05) is 13.0 Å². The molecule has 1 N–H and O–H groups in total. The van der Waals surface area contributed by atoms with E-state index in [2.05, 4.69) is 5.32 Å². The Morgan fingerprint density at radius 1 is 0.972 bits per heavy atom. The normalized spacial score (nSPS) is 19.8. The molecule has 5 rings (SSSR count). The number of aryl methyl sites for hydroxylation is 1. The van der Waals surface area contributed by atoms with Crippen LogP contribution in [-0.4, -0.2) is 17.9 Å². The van der Waals surface area contributed by atoms with Crippen LogP contribution in [0.5, 0.6) is 0 Å². The maximum absolute atomic E-state index is 13.9. The summed E-state index contributed by atoms with van der Waals surface area (Å²) in [6.07, 6.45) is -4.66. The number of hydrogen-bond donors (Lipinski definition) is 1. The number of nitrogens with one attached hydrogen (secondary N) is 1. The third kappa shape index (κ3) is 4.39. The summed E-state index contributed by atoms with van der Waals surface area (Å²) in [5.74, 6) is -2.55. The average molecular weight is 511 g/mol. The molecule has 3 aromatic carbocycles. The molecule has 1 amide bonds. The highest BCUT2D eigenvalue weighted by Gasteiger charge is 2.49. The van der Waals surface area contributed by atoms with Gasteiger partial charge in [-0.05, 0) is 54.7 Å². The lowest BCUT2D eigenvalue weighted by molar-refractivity contribution is -0.170. The van der Waals surface area contributed by atoms with Gasteiger partial charge >= 0.3 is 12.1 Å². The second-order valence-electron chi connectivity index (χ2n) is 9.10. The van der Waals surface area contributed by atoms with Gasteiger partial charge in [-0.1, -0.05) is 65.7 Å². The van der Waals surface area contributed by atoms with Crippen LogP contribution >= 0.6 is 11.6 Å². The van der Waals surface area contributed by atoms with Gasteiger partial charge in [0.05, 0.1) is 17.4 Å². The number of para-hydroxylation sites is 2. The summed E-state index contributed by atoms with van der Waals surface area (Å²) in [7, 11) is 0. The molecule has 1 aliphatic heterocycles. The first-order valence-corrected chi connectivity index (χ1v) is 11.9. The summed E-state index contributed by atoms with van der Waals surface area (Å²) in [4.78, 5) is 27.3. The maximum Gasteiger partial charge on any atom is 0.471 e. The van der Waals surface area contributed by atoms with E-state index < -0.39 is 18.1 Å². The number of ketones is 1. The van der Waals surface area contributed by atoms with E-state index in [4.69, 9.17) is 11.6 Å². The van der Waals surface area contributed by atoms with Gasteiger partial charge in [0.1, 0.15) is 0 Å². The third-order valence-electron chi connectivity index (χ3n) is 6.66. The smallest absolute Gasteiger partial charge is 0.357 e. The van der Waals surface area contributed by atoms with Crippen LogP contribution in [0.1, 0.15) is 41.5 Å². The van der Waals surface area contributed by atoms with E-state index in [0.29, 0.717) is 33.3 Å². The van der Waals surface area contributed by atoms with Gasteiger partial charge in [-0.15, -0.1) is 0 Å². The Morgan fingerprint density at radius 3 is 2.39 bits per heavy atom. The van der Waals surface area contributed by atoms with Gasteiger partial charge in [-0.25, -0.2) is 0 Å². The molecule has 8 heteroatoms. The minimum Gasteiger partial charge on any atom is -0.357 e. The number of carbonyl (C=O) groups is 2. The van der Waals surface area contributed by atoms with Gasteiger partial charge in [-0.2, -0.15) is 13.2 Å². The fraction of sp³-hybridized carbons (Fsp3) is 0.214. The molecule has 3 aromatic rings. The molecule has 0 aromatic heterocycles. The zero-order chi connectivity index (χ0) is 25.6. The number of halogens is 4. The van der Waals surface area contributed by atoms with Gasteiger partial charge in [0, 0.05) is 22.7 Å². The molecule has 0 spiro atoms. The van der Waals surface area contributed by atoms with Crippen molar-refractivity contribution in [1.82, 2.24) is 0 Å². The maximum atomic E-state index is 13.9. The number of amides is 1. The Morgan fingerprint density at radius 2 is 1.69 bits per heavy atom. The lowest BCUT2D eigenvalue weighted by Crippen LogP contribution is -2.45. The van der Waals surface area contributed by atoms with Gasteiger partial charge in [-0.3, -0.25) is 14.5 Å². The second-order valence-corrected chi connectivity index (χ2v) is 9.54. The van der Waals surface area contributed by atoms with E-state index in [1.165, 1.54) is 6.07 Å². The van der Waals surface area contributed by atoms with E-state index in [0.717, 1.165) is 11.1 Å². The van der Waals surface area contributed by atoms with Crippen LogP contribution < -0.4 is 10.2 Å². The molecule has 1 heterocycles. The van der Waals surface area contributed by atoms with E-state index in [-0.39, 0.29) is 29.4 Å². The van der Waals surface area contributed by atoms with Crippen molar-refractivity contribution >= 4 is 34.7 Å². The summed E-state index contributed by atoms with van der Waals surface area (Å²) in [5.41, 5.74) is 3.28. The van der Waals surface area contributed by atoms with Crippen LogP contribution in [0.2, 0.25) is 5.02 Å². The van der Waals surface area contributed by atoms with E-state index >= 15 is 0 Å². The number of carbonyl (C=O) groups excluding carboxylic acids is 2. The van der Waals surface area contributed by atoms with E-state index in [1.54, 1.807) is 60.7 Å². The highest BCUT2D eigenvalue weighted by Crippen LogP contribution is 2.48. The fourth-order valence-electron chi connectivity index (χ4n) is 5.01. The molecular weight excluding hydrogens is 489 g/mol.